The summed E-state index contributed by atoms with van der Waals surface area (Å²) in [6, 6.07) is 4.75. The number of aromatic carboxylic acids is 1. The molecule has 1 unspecified atom stereocenters. The van der Waals surface area contributed by atoms with E-state index < -0.39 is 12.1 Å². The van der Waals surface area contributed by atoms with Crippen molar-refractivity contribution in [1.82, 2.24) is 0 Å². The number of carbonyl (C=O) groups is 1. The fourth-order valence-electron chi connectivity index (χ4n) is 1.38. The predicted molar refractivity (Wildman–Crippen MR) is 69.8 cm³/mol. The van der Waals surface area contributed by atoms with Gasteiger partial charge in [0.2, 0.25) is 0 Å². The SMILES string of the molecule is CCOc1ccc(NCC(O)CCl)cc1C(=O)O. The summed E-state index contributed by atoms with van der Waals surface area (Å²) in [7, 11) is 0. The second kappa shape index (κ2) is 7.08. The fourth-order valence-corrected chi connectivity index (χ4v) is 1.49. The molecule has 0 spiro atoms. The average molecular weight is 274 g/mol. The number of ether oxygens (including phenoxy) is 1. The minimum Gasteiger partial charge on any atom is -0.493 e. The van der Waals surface area contributed by atoms with Crippen LogP contribution in [-0.2, 0) is 0 Å². The maximum absolute atomic E-state index is 11.1. The molecule has 0 fully saturated rings. The van der Waals surface area contributed by atoms with Crippen LogP contribution in [0.5, 0.6) is 5.75 Å². The minimum atomic E-state index is -1.06. The summed E-state index contributed by atoms with van der Waals surface area (Å²) in [5.41, 5.74) is 0.683. The third-order valence-corrected chi connectivity index (χ3v) is 2.59. The van der Waals surface area contributed by atoms with Gasteiger partial charge in [-0.25, -0.2) is 4.79 Å². The van der Waals surface area contributed by atoms with Crippen molar-refractivity contribution in [2.24, 2.45) is 0 Å². The molecule has 0 aliphatic rings. The van der Waals surface area contributed by atoms with E-state index in [1.54, 1.807) is 19.1 Å². The van der Waals surface area contributed by atoms with Crippen molar-refractivity contribution < 1.29 is 19.7 Å². The first-order valence-electron chi connectivity index (χ1n) is 5.56. The topological polar surface area (TPSA) is 78.8 Å². The molecule has 0 saturated heterocycles. The van der Waals surface area contributed by atoms with Crippen LogP contribution < -0.4 is 10.1 Å². The summed E-state index contributed by atoms with van der Waals surface area (Å²) in [4.78, 5) is 11.1. The highest BCUT2D eigenvalue weighted by molar-refractivity contribution is 6.18. The first-order valence-corrected chi connectivity index (χ1v) is 6.10. The Labute approximate surface area is 110 Å². The van der Waals surface area contributed by atoms with Gasteiger partial charge in [0.1, 0.15) is 11.3 Å². The lowest BCUT2D eigenvalue weighted by Gasteiger charge is -2.12. The summed E-state index contributed by atoms with van der Waals surface area (Å²) >= 11 is 5.46. The fraction of sp³-hybridized carbons (Fsp3) is 0.417. The summed E-state index contributed by atoms with van der Waals surface area (Å²) in [5, 5.41) is 21.3. The van der Waals surface area contributed by atoms with Crippen molar-refractivity contribution in [3.05, 3.63) is 23.8 Å². The van der Waals surface area contributed by atoms with Gasteiger partial charge in [-0.1, -0.05) is 0 Å². The zero-order valence-corrected chi connectivity index (χ0v) is 10.8. The molecule has 0 aliphatic heterocycles. The Kier molecular flexibility index (Phi) is 5.74. The van der Waals surface area contributed by atoms with Crippen LogP contribution in [0.1, 0.15) is 17.3 Å². The molecule has 1 aromatic carbocycles. The number of anilines is 1. The van der Waals surface area contributed by atoms with Crippen molar-refractivity contribution in [3.8, 4) is 5.75 Å². The Morgan fingerprint density at radius 3 is 2.83 bits per heavy atom. The molecular weight excluding hydrogens is 258 g/mol. The molecule has 0 aromatic heterocycles. The Bertz CT molecular complexity index is 411. The smallest absolute Gasteiger partial charge is 0.339 e. The molecular formula is C12H16ClNO4. The molecule has 0 aliphatic carbocycles. The van der Waals surface area contributed by atoms with Crippen LogP contribution in [-0.4, -0.2) is 41.3 Å². The van der Waals surface area contributed by atoms with E-state index in [0.29, 0.717) is 18.0 Å². The first kappa shape index (κ1) is 14.6. The first-order chi connectivity index (χ1) is 8.58. The van der Waals surface area contributed by atoms with Crippen LogP contribution in [0.2, 0.25) is 0 Å². The molecule has 0 radical (unpaired) electrons. The van der Waals surface area contributed by atoms with E-state index in [-0.39, 0.29) is 18.0 Å². The predicted octanol–water partition coefficient (Wildman–Crippen LogP) is 1.80. The highest BCUT2D eigenvalue weighted by Gasteiger charge is 2.12. The van der Waals surface area contributed by atoms with Crippen LogP contribution in [0.3, 0.4) is 0 Å². The second-order valence-electron chi connectivity index (χ2n) is 3.64. The summed E-state index contributed by atoms with van der Waals surface area (Å²) < 4.78 is 5.22. The number of carboxylic acid groups (broad SMARTS) is 1. The van der Waals surface area contributed by atoms with Crippen molar-refractivity contribution >= 4 is 23.3 Å². The van der Waals surface area contributed by atoms with Gasteiger partial charge < -0.3 is 20.3 Å². The van der Waals surface area contributed by atoms with Crippen molar-refractivity contribution in [3.63, 3.8) is 0 Å². The van der Waals surface area contributed by atoms with Crippen molar-refractivity contribution in [2.75, 3.05) is 24.3 Å². The highest BCUT2D eigenvalue weighted by Crippen LogP contribution is 2.23. The number of nitrogens with one attached hydrogen (secondary N) is 1. The summed E-state index contributed by atoms with van der Waals surface area (Å²) in [6.45, 7) is 2.45. The van der Waals surface area contributed by atoms with Crippen molar-refractivity contribution in [1.29, 1.82) is 0 Å². The molecule has 3 N–H and O–H groups in total. The van der Waals surface area contributed by atoms with Crippen LogP contribution in [0, 0.1) is 0 Å². The standard InChI is InChI=1S/C12H16ClNO4/c1-2-18-11-4-3-8(5-10(11)12(16)17)14-7-9(15)6-13/h3-5,9,14-15H,2,6-7H2,1H3,(H,16,17). The Morgan fingerprint density at radius 2 is 2.28 bits per heavy atom. The minimum absolute atomic E-state index is 0.0854. The van der Waals surface area contributed by atoms with Gasteiger partial charge in [-0.3, -0.25) is 0 Å². The quantitative estimate of drug-likeness (QED) is 0.660. The van der Waals surface area contributed by atoms with Crippen LogP contribution in [0.4, 0.5) is 5.69 Å². The van der Waals surface area contributed by atoms with Gasteiger partial charge >= 0.3 is 5.97 Å². The number of carboxylic acids is 1. The lowest BCUT2D eigenvalue weighted by Crippen LogP contribution is -2.20. The number of halogens is 1. The Balaban J connectivity index is 2.83. The van der Waals surface area contributed by atoms with Gasteiger partial charge in [0.05, 0.1) is 18.6 Å². The van der Waals surface area contributed by atoms with E-state index in [0.717, 1.165) is 0 Å². The van der Waals surface area contributed by atoms with Crippen LogP contribution in [0.15, 0.2) is 18.2 Å². The summed E-state index contributed by atoms with van der Waals surface area (Å²) in [5.74, 6) is -0.607. The average Bonchev–Trinajstić information content (AvgIpc) is 2.37. The van der Waals surface area contributed by atoms with Gasteiger partial charge in [-0.2, -0.15) is 0 Å². The van der Waals surface area contributed by atoms with E-state index in [4.69, 9.17) is 21.4 Å². The maximum Gasteiger partial charge on any atom is 0.339 e. The third-order valence-electron chi connectivity index (χ3n) is 2.23. The number of alkyl halides is 1. The lowest BCUT2D eigenvalue weighted by atomic mass is 10.1. The third kappa shape index (κ3) is 4.09. The van der Waals surface area contributed by atoms with Gasteiger partial charge in [0.25, 0.3) is 0 Å². The zero-order valence-electron chi connectivity index (χ0n) is 10.0. The van der Waals surface area contributed by atoms with E-state index in [1.165, 1.54) is 6.07 Å². The molecule has 1 aromatic rings. The number of hydrogen-bond donors (Lipinski definition) is 3. The number of rotatable bonds is 7. The molecule has 100 valence electrons. The normalized spacial score (nSPS) is 11.9. The molecule has 6 heteroatoms. The molecule has 1 atom stereocenters. The number of aliphatic hydroxyl groups is 1. The van der Waals surface area contributed by atoms with Crippen LogP contribution in [0.25, 0.3) is 0 Å². The zero-order chi connectivity index (χ0) is 13.5. The largest absolute Gasteiger partial charge is 0.493 e. The summed E-state index contributed by atoms with van der Waals surface area (Å²) in [6.07, 6.45) is -0.675. The number of aliphatic hydroxyl groups excluding tert-OH is 1. The number of hydrogen-bond acceptors (Lipinski definition) is 4. The van der Waals surface area contributed by atoms with E-state index in [1.807, 2.05) is 0 Å². The van der Waals surface area contributed by atoms with Gasteiger partial charge in [0, 0.05) is 12.2 Å². The molecule has 0 heterocycles. The Morgan fingerprint density at radius 1 is 1.56 bits per heavy atom. The van der Waals surface area contributed by atoms with E-state index in [9.17, 15) is 9.90 Å². The molecule has 1 rings (SSSR count). The molecule has 0 saturated carbocycles. The molecule has 0 bridgehead atoms. The van der Waals surface area contributed by atoms with Crippen LogP contribution >= 0.6 is 11.6 Å². The van der Waals surface area contributed by atoms with E-state index in [2.05, 4.69) is 5.32 Å². The molecule has 5 nitrogen and oxygen atoms in total. The van der Waals surface area contributed by atoms with Gasteiger partial charge in [0.15, 0.2) is 0 Å². The molecule has 0 amide bonds. The molecule has 18 heavy (non-hydrogen) atoms. The van der Waals surface area contributed by atoms with E-state index >= 15 is 0 Å². The lowest BCUT2D eigenvalue weighted by molar-refractivity contribution is 0.0692. The second-order valence-corrected chi connectivity index (χ2v) is 3.95. The monoisotopic (exact) mass is 273 g/mol. The number of benzene rings is 1. The van der Waals surface area contributed by atoms with Crippen molar-refractivity contribution in [2.45, 2.75) is 13.0 Å². The van der Waals surface area contributed by atoms with Gasteiger partial charge in [-0.05, 0) is 25.1 Å². The Hall–Kier alpha value is -1.46. The van der Waals surface area contributed by atoms with Gasteiger partial charge in [-0.15, -0.1) is 11.6 Å². The highest BCUT2D eigenvalue weighted by atomic mass is 35.5. The maximum atomic E-state index is 11.1.